The third-order valence-corrected chi connectivity index (χ3v) is 4.36. The summed E-state index contributed by atoms with van der Waals surface area (Å²) in [6, 6.07) is 0. The summed E-state index contributed by atoms with van der Waals surface area (Å²) < 4.78 is 26.4. The standard InChI is InChI=1S/C12H22F2N2/c1-2-11(16-9-7-15-8-10-16)3-5-12(13,14)6-4-11/h15H,2-10H2,1H3. The van der Waals surface area contributed by atoms with E-state index >= 15 is 0 Å². The van der Waals surface area contributed by atoms with Crippen LogP contribution in [0, 0.1) is 0 Å². The Morgan fingerprint density at radius 2 is 1.62 bits per heavy atom. The molecule has 0 radical (unpaired) electrons. The number of hydrogen-bond acceptors (Lipinski definition) is 2. The minimum Gasteiger partial charge on any atom is -0.314 e. The van der Waals surface area contributed by atoms with E-state index in [0.29, 0.717) is 12.8 Å². The van der Waals surface area contributed by atoms with Gasteiger partial charge in [0.05, 0.1) is 0 Å². The van der Waals surface area contributed by atoms with Gasteiger partial charge in [0.25, 0.3) is 0 Å². The van der Waals surface area contributed by atoms with E-state index in [9.17, 15) is 8.78 Å². The predicted molar refractivity (Wildman–Crippen MR) is 60.9 cm³/mol. The van der Waals surface area contributed by atoms with Crippen molar-refractivity contribution in [1.29, 1.82) is 0 Å². The van der Waals surface area contributed by atoms with E-state index in [-0.39, 0.29) is 18.4 Å². The molecule has 0 spiro atoms. The van der Waals surface area contributed by atoms with Gasteiger partial charge in [-0.1, -0.05) is 6.92 Å². The first-order valence-electron chi connectivity index (χ1n) is 6.42. The molecule has 4 heteroatoms. The van der Waals surface area contributed by atoms with Gasteiger partial charge in [-0.25, -0.2) is 8.78 Å². The lowest BCUT2D eigenvalue weighted by molar-refractivity contribution is -0.0854. The Balaban J connectivity index is 2.02. The lowest BCUT2D eigenvalue weighted by Gasteiger charge is -2.49. The Morgan fingerprint density at radius 3 is 2.12 bits per heavy atom. The van der Waals surface area contributed by atoms with Crippen LogP contribution in [-0.4, -0.2) is 42.5 Å². The zero-order valence-corrected chi connectivity index (χ0v) is 10.1. The van der Waals surface area contributed by atoms with Crippen LogP contribution < -0.4 is 5.32 Å². The van der Waals surface area contributed by atoms with E-state index < -0.39 is 5.92 Å². The summed E-state index contributed by atoms with van der Waals surface area (Å²) in [5.41, 5.74) is 0.0593. The molecule has 16 heavy (non-hydrogen) atoms. The Kier molecular flexibility index (Phi) is 3.50. The SMILES string of the molecule is CCC1(N2CCNCC2)CCC(F)(F)CC1. The van der Waals surface area contributed by atoms with Crippen molar-refractivity contribution in [1.82, 2.24) is 10.2 Å². The highest BCUT2D eigenvalue weighted by atomic mass is 19.3. The first-order chi connectivity index (χ1) is 7.58. The third kappa shape index (κ3) is 2.38. The highest BCUT2D eigenvalue weighted by Gasteiger charge is 2.45. The van der Waals surface area contributed by atoms with Crippen LogP contribution in [0.25, 0.3) is 0 Å². The van der Waals surface area contributed by atoms with E-state index in [2.05, 4.69) is 17.1 Å². The summed E-state index contributed by atoms with van der Waals surface area (Å²) in [6.45, 7) is 6.17. The minimum atomic E-state index is -2.41. The molecule has 1 aliphatic carbocycles. The Bertz CT molecular complexity index is 227. The monoisotopic (exact) mass is 232 g/mol. The molecule has 0 aromatic carbocycles. The van der Waals surface area contributed by atoms with Crippen molar-refractivity contribution in [3.8, 4) is 0 Å². The molecular formula is C12H22F2N2. The predicted octanol–water partition coefficient (Wildman–Crippen LogP) is 2.25. The molecule has 2 rings (SSSR count). The molecule has 1 heterocycles. The highest BCUT2D eigenvalue weighted by molar-refractivity contribution is 4.97. The van der Waals surface area contributed by atoms with E-state index in [0.717, 1.165) is 32.6 Å². The molecule has 0 amide bonds. The summed E-state index contributed by atoms with van der Waals surface area (Å²) in [7, 11) is 0. The largest absolute Gasteiger partial charge is 0.314 e. The summed E-state index contributed by atoms with van der Waals surface area (Å²) in [6.07, 6.45) is 2.48. The zero-order chi connectivity index (χ0) is 11.6. The molecule has 0 aromatic rings. The first-order valence-corrected chi connectivity index (χ1v) is 6.42. The van der Waals surface area contributed by atoms with E-state index in [1.807, 2.05) is 0 Å². The maximum Gasteiger partial charge on any atom is 0.248 e. The second kappa shape index (κ2) is 4.57. The topological polar surface area (TPSA) is 15.3 Å². The summed E-state index contributed by atoms with van der Waals surface area (Å²) in [5, 5.41) is 3.32. The van der Waals surface area contributed by atoms with Crippen molar-refractivity contribution >= 4 is 0 Å². The lowest BCUT2D eigenvalue weighted by Crippen LogP contribution is -2.58. The van der Waals surface area contributed by atoms with Crippen molar-refractivity contribution in [3.05, 3.63) is 0 Å². The third-order valence-electron chi connectivity index (χ3n) is 4.36. The molecule has 1 N–H and O–H groups in total. The van der Waals surface area contributed by atoms with Gasteiger partial charge in [-0.3, -0.25) is 4.90 Å². The van der Waals surface area contributed by atoms with Gasteiger partial charge in [-0.15, -0.1) is 0 Å². The van der Waals surface area contributed by atoms with Gasteiger partial charge in [0.1, 0.15) is 0 Å². The average Bonchev–Trinajstić information content (AvgIpc) is 2.31. The fraction of sp³-hybridized carbons (Fsp3) is 1.00. The molecule has 1 saturated carbocycles. The minimum absolute atomic E-state index is 0.0593. The average molecular weight is 232 g/mol. The van der Waals surface area contributed by atoms with Crippen molar-refractivity contribution < 1.29 is 8.78 Å². The Morgan fingerprint density at radius 1 is 1.06 bits per heavy atom. The van der Waals surface area contributed by atoms with Crippen molar-refractivity contribution in [2.75, 3.05) is 26.2 Å². The Labute approximate surface area is 96.4 Å². The van der Waals surface area contributed by atoms with Crippen LogP contribution in [-0.2, 0) is 0 Å². The molecule has 94 valence electrons. The quantitative estimate of drug-likeness (QED) is 0.785. The highest BCUT2D eigenvalue weighted by Crippen LogP contribution is 2.43. The second-order valence-electron chi connectivity index (χ2n) is 5.17. The van der Waals surface area contributed by atoms with E-state index in [1.165, 1.54) is 0 Å². The van der Waals surface area contributed by atoms with Crippen LogP contribution >= 0.6 is 0 Å². The number of hydrogen-bond donors (Lipinski definition) is 1. The molecule has 0 bridgehead atoms. The molecule has 0 aromatic heterocycles. The number of nitrogens with one attached hydrogen (secondary N) is 1. The van der Waals surface area contributed by atoms with Crippen LogP contribution in [0.2, 0.25) is 0 Å². The van der Waals surface area contributed by atoms with Crippen molar-refractivity contribution in [2.45, 2.75) is 50.5 Å². The Hall–Kier alpha value is -0.220. The van der Waals surface area contributed by atoms with E-state index in [1.54, 1.807) is 0 Å². The number of halogens is 2. The maximum absolute atomic E-state index is 13.2. The maximum atomic E-state index is 13.2. The fourth-order valence-electron chi connectivity index (χ4n) is 3.11. The van der Waals surface area contributed by atoms with Crippen LogP contribution in [0.5, 0.6) is 0 Å². The molecule has 0 atom stereocenters. The van der Waals surface area contributed by atoms with Crippen LogP contribution in [0.3, 0.4) is 0 Å². The molecule has 2 fully saturated rings. The van der Waals surface area contributed by atoms with Gasteiger partial charge >= 0.3 is 0 Å². The van der Waals surface area contributed by atoms with Gasteiger partial charge in [0, 0.05) is 44.6 Å². The normalized spacial score (nSPS) is 30.2. The van der Waals surface area contributed by atoms with Gasteiger partial charge in [0.15, 0.2) is 0 Å². The summed E-state index contributed by atoms with van der Waals surface area (Å²) in [5.74, 6) is -2.41. The van der Waals surface area contributed by atoms with Gasteiger partial charge in [-0.05, 0) is 19.3 Å². The van der Waals surface area contributed by atoms with E-state index in [4.69, 9.17) is 0 Å². The molecule has 1 saturated heterocycles. The number of alkyl halides is 2. The second-order valence-corrected chi connectivity index (χ2v) is 5.17. The molecular weight excluding hydrogens is 210 g/mol. The smallest absolute Gasteiger partial charge is 0.248 e. The number of piperazine rings is 1. The van der Waals surface area contributed by atoms with Crippen LogP contribution in [0.1, 0.15) is 39.0 Å². The summed E-state index contributed by atoms with van der Waals surface area (Å²) >= 11 is 0. The molecule has 2 nitrogen and oxygen atoms in total. The molecule has 2 aliphatic rings. The fourth-order valence-corrected chi connectivity index (χ4v) is 3.11. The number of nitrogens with zero attached hydrogens (tertiary/aromatic N) is 1. The van der Waals surface area contributed by atoms with Gasteiger partial charge in [-0.2, -0.15) is 0 Å². The van der Waals surface area contributed by atoms with Crippen molar-refractivity contribution in [2.24, 2.45) is 0 Å². The zero-order valence-electron chi connectivity index (χ0n) is 10.1. The number of rotatable bonds is 2. The van der Waals surface area contributed by atoms with Crippen LogP contribution in [0.15, 0.2) is 0 Å². The molecule has 0 unspecified atom stereocenters. The molecule has 1 aliphatic heterocycles. The van der Waals surface area contributed by atoms with Crippen molar-refractivity contribution in [3.63, 3.8) is 0 Å². The van der Waals surface area contributed by atoms with Crippen LogP contribution in [0.4, 0.5) is 8.78 Å². The first kappa shape index (κ1) is 12.2. The van der Waals surface area contributed by atoms with Gasteiger partial charge < -0.3 is 5.32 Å². The lowest BCUT2D eigenvalue weighted by atomic mass is 9.76. The van der Waals surface area contributed by atoms with Gasteiger partial charge in [0.2, 0.25) is 5.92 Å². The summed E-state index contributed by atoms with van der Waals surface area (Å²) in [4.78, 5) is 2.44.